The van der Waals surface area contributed by atoms with Gasteiger partial charge in [0, 0.05) is 23.1 Å². The highest BCUT2D eigenvalue weighted by Gasteiger charge is 2.16. The lowest BCUT2D eigenvalue weighted by Crippen LogP contribution is -2.20. The second kappa shape index (κ2) is 7.99. The van der Waals surface area contributed by atoms with E-state index in [2.05, 4.69) is 4.99 Å². The van der Waals surface area contributed by atoms with Gasteiger partial charge in [0.2, 0.25) is 5.88 Å². The number of methoxy groups -OCH3 is 1. The van der Waals surface area contributed by atoms with Crippen molar-refractivity contribution in [2.45, 2.75) is 13.8 Å². The number of aryl methyl sites for hydroxylation is 2. The second-order valence-electron chi connectivity index (χ2n) is 7.31. The zero-order valence-corrected chi connectivity index (χ0v) is 17.5. The number of phenolic OH excluding ortho intramolecular Hbond substituents is 1. The van der Waals surface area contributed by atoms with E-state index in [0.717, 1.165) is 11.1 Å². The standard InChI is InChI=1S/C25H22N2O4/c1-15-8-10-18(12-16(15)2)27-24(29)20-7-5-4-6-19(20)21(25(27)30)14-26-17-9-11-23(31-3)22(28)13-17/h4-14,28,30H,1-3H3. The first-order valence-corrected chi connectivity index (χ1v) is 9.76. The predicted octanol–water partition coefficient (Wildman–Crippen LogP) is 4.78. The summed E-state index contributed by atoms with van der Waals surface area (Å²) in [5.74, 6) is 0.107. The first kappa shape index (κ1) is 20.2. The largest absolute Gasteiger partial charge is 0.504 e. The molecule has 0 amide bonds. The average Bonchev–Trinajstić information content (AvgIpc) is 2.76. The maximum absolute atomic E-state index is 13.2. The van der Waals surface area contributed by atoms with Crippen LogP contribution >= 0.6 is 0 Å². The van der Waals surface area contributed by atoms with Crippen LogP contribution in [0.4, 0.5) is 5.69 Å². The molecule has 31 heavy (non-hydrogen) atoms. The van der Waals surface area contributed by atoms with Gasteiger partial charge in [0.15, 0.2) is 11.5 Å². The minimum atomic E-state index is -0.310. The lowest BCUT2D eigenvalue weighted by molar-refractivity contribution is 0.373. The molecule has 2 N–H and O–H groups in total. The zero-order valence-electron chi connectivity index (χ0n) is 17.5. The van der Waals surface area contributed by atoms with Crippen molar-refractivity contribution in [2.75, 3.05) is 7.11 Å². The van der Waals surface area contributed by atoms with Gasteiger partial charge in [0.1, 0.15) is 0 Å². The summed E-state index contributed by atoms with van der Waals surface area (Å²) in [6.07, 6.45) is 1.50. The Bertz CT molecular complexity index is 1390. The summed E-state index contributed by atoms with van der Waals surface area (Å²) in [7, 11) is 1.47. The molecule has 0 saturated heterocycles. The van der Waals surface area contributed by atoms with Crippen molar-refractivity contribution in [2.24, 2.45) is 4.99 Å². The fourth-order valence-electron chi connectivity index (χ4n) is 3.49. The van der Waals surface area contributed by atoms with E-state index in [-0.39, 0.29) is 17.2 Å². The Labute approximate surface area is 179 Å². The molecule has 0 radical (unpaired) electrons. The SMILES string of the molecule is COc1ccc(N=Cc2c(O)n(-c3ccc(C)c(C)c3)c(=O)c3ccccc23)cc1O. The van der Waals surface area contributed by atoms with Crippen LogP contribution in [0.5, 0.6) is 17.4 Å². The van der Waals surface area contributed by atoms with E-state index >= 15 is 0 Å². The maximum atomic E-state index is 13.2. The summed E-state index contributed by atoms with van der Waals surface area (Å²) < 4.78 is 6.35. The van der Waals surface area contributed by atoms with E-state index in [1.54, 1.807) is 42.5 Å². The van der Waals surface area contributed by atoms with Crippen LogP contribution in [0.3, 0.4) is 0 Å². The lowest BCUT2D eigenvalue weighted by atomic mass is 10.1. The third-order valence-electron chi connectivity index (χ3n) is 5.36. The van der Waals surface area contributed by atoms with Crippen molar-refractivity contribution in [3.05, 3.63) is 87.7 Å². The topological polar surface area (TPSA) is 84.0 Å². The number of aliphatic imine (C=N–C) groups is 1. The van der Waals surface area contributed by atoms with E-state index < -0.39 is 0 Å². The predicted molar refractivity (Wildman–Crippen MR) is 123 cm³/mol. The van der Waals surface area contributed by atoms with Crippen LogP contribution in [0.15, 0.2) is 70.5 Å². The molecule has 0 aliphatic heterocycles. The molecule has 1 aromatic heterocycles. The second-order valence-corrected chi connectivity index (χ2v) is 7.31. The third-order valence-corrected chi connectivity index (χ3v) is 5.36. The molecule has 0 aliphatic carbocycles. The average molecular weight is 414 g/mol. The quantitative estimate of drug-likeness (QED) is 0.471. The summed E-state index contributed by atoms with van der Waals surface area (Å²) >= 11 is 0. The molecule has 6 nitrogen and oxygen atoms in total. The molecule has 0 aliphatic rings. The minimum Gasteiger partial charge on any atom is -0.504 e. The van der Waals surface area contributed by atoms with Crippen LogP contribution in [0, 0.1) is 13.8 Å². The van der Waals surface area contributed by atoms with Gasteiger partial charge in [0.25, 0.3) is 5.56 Å². The first-order chi connectivity index (χ1) is 14.9. The lowest BCUT2D eigenvalue weighted by Gasteiger charge is -2.14. The third kappa shape index (κ3) is 3.64. The Morgan fingerprint density at radius 1 is 0.935 bits per heavy atom. The van der Waals surface area contributed by atoms with Crippen molar-refractivity contribution in [3.8, 4) is 23.1 Å². The molecule has 4 aromatic rings. The van der Waals surface area contributed by atoms with Gasteiger partial charge in [0.05, 0.1) is 24.0 Å². The molecule has 0 bridgehead atoms. The van der Waals surface area contributed by atoms with Crippen LogP contribution in [0.25, 0.3) is 16.5 Å². The number of ether oxygens (including phenoxy) is 1. The summed E-state index contributed by atoms with van der Waals surface area (Å²) in [6, 6.07) is 17.4. The highest BCUT2D eigenvalue weighted by atomic mass is 16.5. The van der Waals surface area contributed by atoms with Crippen molar-refractivity contribution in [1.29, 1.82) is 0 Å². The Balaban J connectivity index is 1.93. The number of hydrogen-bond donors (Lipinski definition) is 2. The van der Waals surface area contributed by atoms with Gasteiger partial charge in [-0.1, -0.05) is 24.3 Å². The van der Waals surface area contributed by atoms with Gasteiger partial charge >= 0.3 is 0 Å². The molecule has 3 aromatic carbocycles. The molecule has 1 heterocycles. The highest BCUT2D eigenvalue weighted by Crippen LogP contribution is 2.31. The van der Waals surface area contributed by atoms with Gasteiger partial charge in [-0.15, -0.1) is 0 Å². The van der Waals surface area contributed by atoms with Crippen molar-refractivity contribution >= 4 is 22.7 Å². The Morgan fingerprint density at radius 3 is 2.35 bits per heavy atom. The van der Waals surface area contributed by atoms with Gasteiger partial charge in [-0.25, -0.2) is 4.57 Å². The number of aromatic nitrogens is 1. The van der Waals surface area contributed by atoms with Crippen LogP contribution in [0.2, 0.25) is 0 Å². The van der Waals surface area contributed by atoms with Gasteiger partial charge < -0.3 is 14.9 Å². The number of pyridine rings is 1. The fourth-order valence-corrected chi connectivity index (χ4v) is 3.49. The number of benzene rings is 3. The Morgan fingerprint density at radius 2 is 1.68 bits per heavy atom. The Kier molecular flexibility index (Phi) is 5.21. The maximum Gasteiger partial charge on any atom is 0.265 e. The molecule has 156 valence electrons. The monoisotopic (exact) mass is 414 g/mol. The number of aromatic hydroxyl groups is 2. The highest BCUT2D eigenvalue weighted by molar-refractivity contribution is 6.02. The number of hydrogen-bond acceptors (Lipinski definition) is 5. The zero-order chi connectivity index (χ0) is 22.1. The van der Waals surface area contributed by atoms with Gasteiger partial charge in [-0.2, -0.15) is 0 Å². The normalized spacial score (nSPS) is 11.3. The van der Waals surface area contributed by atoms with E-state index in [4.69, 9.17) is 4.74 Å². The van der Waals surface area contributed by atoms with Gasteiger partial charge in [-0.3, -0.25) is 9.79 Å². The van der Waals surface area contributed by atoms with E-state index in [0.29, 0.717) is 33.5 Å². The van der Waals surface area contributed by atoms with E-state index in [1.807, 2.05) is 26.0 Å². The van der Waals surface area contributed by atoms with E-state index in [9.17, 15) is 15.0 Å². The van der Waals surface area contributed by atoms with Crippen molar-refractivity contribution in [3.63, 3.8) is 0 Å². The molecule has 0 atom stereocenters. The molecular weight excluding hydrogens is 392 g/mol. The molecule has 0 fully saturated rings. The number of fused-ring (bicyclic) bond motifs is 1. The summed E-state index contributed by atoms with van der Waals surface area (Å²) in [4.78, 5) is 17.6. The van der Waals surface area contributed by atoms with Crippen LogP contribution in [0.1, 0.15) is 16.7 Å². The van der Waals surface area contributed by atoms with Crippen molar-refractivity contribution in [1.82, 2.24) is 4.57 Å². The summed E-state index contributed by atoms with van der Waals surface area (Å²) in [6.45, 7) is 3.95. The first-order valence-electron chi connectivity index (χ1n) is 9.76. The fraction of sp³-hybridized carbons (Fsp3) is 0.120. The van der Waals surface area contributed by atoms with Crippen LogP contribution < -0.4 is 10.3 Å². The van der Waals surface area contributed by atoms with Crippen LogP contribution in [-0.2, 0) is 0 Å². The van der Waals surface area contributed by atoms with Gasteiger partial charge in [-0.05, 0) is 55.3 Å². The Hall–Kier alpha value is -4.06. The summed E-state index contributed by atoms with van der Waals surface area (Å²) in [5, 5.41) is 22.2. The van der Waals surface area contributed by atoms with Crippen molar-refractivity contribution < 1.29 is 14.9 Å². The molecule has 0 spiro atoms. The molecule has 0 unspecified atom stereocenters. The molecule has 6 heteroatoms. The number of rotatable bonds is 4. The smallest absolute Gasteiger partial charge is 0.265 e. The molecule has 4 rings (SSSR count). The minimum absolute atomic E-state index is 0.0358. The van der Waals surface area contributed by atoms with E-state index in [1.165, 1.54) is 24.0 Å². The summed E-state index contributed by atoms with van der Waals surface area (Å²) in [5.41, 5.74) is 3.26. The number of nitrogens with zero attached hydrogens (tertiary/aromatic N) is 2. The number of phenols is 1. The molecular formula is C25H22N2O4. The van der Waals surface area contributed by atoms with Crippen LogP contribution in [-0.4, -0.2) is 28.1 Å². The molecule has 0 saturated carbocycles.